The standard InChI is InChI=1S/C18H15F3N2O2S/c1-22(2)4-3-10-9-23-17-13(10)5-11(19)6-14(17)15-7-12(20)8-16(21)18(15)26(23,24)25/h5-9H,3-4H2,1-2H3. The molecule has 0 N–H and O–H groups in total. The molecule has 4 rings (SSSR count). The molecular weight excluding hydrogens is 365 g/mol. The Hall–Kier alpha value is -2.32. The van der Waals surface area contributed by atoms with E-state index in [9.17, 15) is 21.6 Å². The highest BCUT2D eigenvalue weighted by atomic mass is 32.2. The number of hydrogen-bond acceptors (Lipinski definition) is 3. The van der Waals surface area contributed by atoms with Crippen LogP contribution in [0.4, 0.5) is 13.2 Å². The fraction of sp³-hybridized carbons (Fsp3) is 0.222. The van der Waals surface area contributed by atoms with E-state index in [2.05, 4.69) is 0 Å². The summed E-state index contributed by atoms with van der Waals surface area (Å²) in [7, 11) is -0.509. The largest absolute Gasteiger partial charge is 0.309 e. The summed E-state index contributed by atoms with van der Waals surface area (Å²) in [6.45, 7) is 0.626. The van der Waals surface area contributed by atoms with Crippen molar-refractivity contribution in [3.05, 3.63) is 53.5 Å². The van der Waals surface area contributed by atoms with Gasteiger partial charge in [-0.25, -0.2) is 25.6 Å². The van der Waals surface area contributed by atoms with E-state index in [0.29, 0.717) is 30.0 Å². The highest BCUT2D eigenvalue weighted by Crippen LogP contribution is 2.43. The number of nitrogens with zero attached hydrogens (tertiary/aromatic N) is 2. The average Bonchev–Trinajstić information content (AvgIpc) is 2.89. The molecule has 0 radical (unpaired) electrons. The topological polar surface area (TPSA) is 42.3 Å². The Bertz CT molecular complexity index is 1170. The molecule has 4 nitrogen and oxygen atoms in total. The second-order valence-electron chi connectivity index (χ2n) is 6.62. The quantitative estimate of drug-likeness (QED) is 0.547. The predicted molar refractivity (Wildman–Crippen MR) is 92.1 cm³/mol. The van der Waals surface area contributed by atoms with E-state index >= 15 is 0 Å². The average molecular weight is 380 g/mol. The van der Waals surface area contributed by atoms with Crippen LogP contribution in [-0.2, 0) is 16.4 Å². The first-order chi connectivity index (χ1) is 12.2. The lowest BCUT2D eigenvalue weighted by Crippen LogP contribution is -2.19. The van der Waals surface area contributed by atoms with E-state index in [1.807, 2.05) is 19.0 Å². The lowest BCUT2D eigenvalue weighted by molar-refractivity contribution is 0.414. The molecule has 0 fully saturated rings. The summed E-state index contributed by atoms with van der Waals surface area (Å²) in [5.74, 6) is -2.69. The molecule has 2 heterocycles. The maximum atomic E-state index is 14.3. The molecule has 3 aromatic rings. The summed E-state index contributed by atoms with van der Waals surface area (Å²) in [4.78, 5) is 1.29. The zero-order valence-corrected chi connectivity index (χ0v) is 14.9. The van der Waals surface area contributed by atoms with E-state index in [1.165, 1.54) is 12.3 Å². The summed E-state index contributed by atoms with van der Waals surface area (Å²) < 4.78 is 69.2. The number of likely N-dealkylation sites (N-methyl/N-ethyl adjacent to an activating group) is 1. The van der Waals surface area contributed by atoms with Gasteiger partial charge >= 0.3 is 0 Å². The minimum absolute atomic E-state index is 0.156. The molecule has 2 aromatic carbocycles. The zero-order chi connectivity index (χ0) is 18.8. The number of aromatic nitrogens is 1. The smallest absolute Gasteiger partial charge is 0.271 e. The summed E-state index contributed by atoms with van der Waals surface area (Å²) in [5, 5.41) is 0.431. The van der Waals surface area contributed by atoms with Gasteiger partial charge in [-0.1, -0.05) is 0 Å². The van der Waals surface area contributed by atoms with Crippen LogP contribution in [0.1, 0.15) is 5.56 Å². The van der Waals surface area contributed by atoms with E-state index in [4.69, 9.17) is 0 Å². The van der Waals surface area contributed by atoms with Gasteiger partial charge in [-0.3, -0.25) is 0 Å². The van der Waals surface area contributed by atoms with E-state index < -0.39 is 32.4 Å². The Balaban J connectivity index is 2.12. The number of hydrogen-bond donors (Lipinski definition) is 0. The molecule has 0 amide bonds. The van der Waals surface area contributed by atoms with Crippen LogP contribution in [0, 0.1) is 17.5 Å². The van der Waals surface area contributed by atoms with Crippen molar-refractivity contribution in [3.63, 3.8) is 0 Å². The van der Waals surface area contributed by atoms with Gasteiger partial charge in [0.1, 0.15) is 22.3 Å². The fourth-order valence-electron chi connectivity index (χ4n) is 3.42. The van der Waals surface area contributed by atoms with Crippen LogP contribution in [0.5, 0.6) is 0 Å². The maximum Gasteiger partial charge on any atom is 0.271 e. The van der Waals surface area contributed by atoms with Crippen molar-refractivity contribution in [1.82, 2.24) is 8.87 Å². The van der Waals surface area contributed by atoms with Gasteiger partial charge in [0.05, 0.1) is 5.52 Å². The molecule has 0 spiro atoms. The number of fused-ring (bicyclic) bond motifs is 2. The Labute approximate surface area is 148 Å². The summed E-state index contributed by atoms with van der Waals surface area (Å²) in [6, 6.07) is 3.83. The third-order valence-corrected chi connectivity index (χ3v) is 6.29. The second-order valence-corrected chi connectivity index (χ2v) is 8.37. The highest BCUT2D eigenvalue weighted by molar-refractivity contribution is 7.90. The molecule has 0 bridgehead atoms. The first kappa shape index (κ1) is 17.1. The molecule has 1 aliphatic rings. The van der Waals surface area contributed by atoms with Crippen molar-refractivity contribution in [2.75, 3.05) is 20.6 Å². The minimum atomic E-state index is -4.25. The van der Waals surface area contributed by atoms with Crippen LogP contribution in [-0.4, -0.2) is 37.9 Å². The van der Waals surface area contributed by atoms with Crippen LogP contribution < -0.4 is 0 Å². The third kappa shape index (κ3) is 2.36. The normalized spacial score (nSPS) is 14.8. The molecule has 0 atom stereocenters. The monoisotopic (exact) mass is 380 g/mol. The first-order valence-electron chi connectivity index (χ1n) is 7.93. The minimum Gasteiger partial charge on any atom is -0.309 e. The van der Waals surface area contributed by atoms with Crippen LogP contribution >= 0.6 is 0 Å². The lowest BCUT2D eigenvalue weighted by Gasteiger charge is -2.20. The van der Waals surface area contributed by atoms with Crippen molar-refractivity contribution in [1.29, 1.82) is 0 Å². The van der Waals surface area contributed by atoms with Crippen molar-refractivity contribution < 1.29 is 21.6 Å². The molecule has 0 unspecified atom stereocenters. The van der Waals surface area contributed by atoms with Gasteiger partial charge in [0, 0.05) is 35.3 Å². The molecule has 1 aliphatic heterocycles. The molecule has 8 heteroatoms. The number of halogens is 3. The molecular formula is C18H15F3N2O2S. The third-order valence-electron chi connectivity index (χ3n) is 4.56. The van der Waals surface area contributed by atoms with Crippen LogP contribution in [0.15, 0.2) is 35.4 Å². The zero-order valence-electron chi connectivity index (χ0n) is 14.1. The number of rotatable bonds is 3. The van der Waals surface area contributed by atoms with Gasteiger partial charge in [-0.05, 0) is 44.3 Å². The summed E-state index contributed by atoms with van der Waals surface area (Å²) in [6.07, 6.45) is 1.89. The highest BCUT2D eigenvalue weighted by Gasteiger charge is 2.35. The molecule has 136 valence electrons. The molecule has 1 aromatic heterocycles. The fourth-order valence-corrected chi connectivity index (χ4v) is 5.07. The van der Waals surface area contributed by atoms with Gasteiger partial charge in [0.25, 0.3) is 10.0 Å². The lowest BCUT2D eigenvalue weighted by atomic mass is 10.00. The van der Waals surface area contributed by atoms with Gasteiger partial charge < -0.3 is 4.90 Å². The van der Waals surface area contributed by atoms with Crippen LogP contribution in [0.3, 0.4) is 0 Å². The molecule has 0 saturated carbocycles. The maximum absolute atomic E-state index is 14.3. The second kappa shape index (κ2) is 5.59. The SMILES string of the molecule is CN(C)CCc1cn2c3c(cc(F)cc13)-c1cc(F)cc(F)c1S2(=O)=O. The Kier molecular flexibility index (Phi) is 3.68. The number of benzene rings is 2. The van der Waals surface area contributed by atoms with Gasteiger partial charge in [0.15, 0.2) is 0 Å². The van der Waals surface area contributed by atoms with Crippen molar-refractivity contribution in [3.8, 4) is 11.1 Å². The molecule has 0 saturated heterocycles. The molecule has 26 heavy (non-hydrogen) atoms. The van der Waals surface area contributed by atoms with E-state index in [-0.39, 0.29) is 16.6 Å². The molecule has 0 aliphatic carbocycles. The Morgan fingerprint density at radius 3 is 2.35 bits per heavy atom. The predicted octanol–water partition coefficient (Wildman–Crippen LogP) is 3.38. The Morgan fingerprint density at radius 2 is 1.65 bits per heavy atom. The van der Waals surface area contributed by atoms with Crippen molar-refractivity contribution >= 4 is 20.9 Å². The van der Waals surface area contributed by atoms with Crippen molar-refractivity contribution in [2.24, 2.45) is 0 Å². The van der Waals surface area contributed by atoms with Gasteiger partial charge in [0.2, 0.25) is 0 Å². The van der Waals surface area contributed by atoms with E-state index in [0.717, 1.165) is 16.1 Å². The van der Waals surface area contributed by atoms with Crippen LogP contribution in [0.2, 0.25) is 0 Å². The van der Waals surface area contributed by atoms with Gasteiger partial charge in [-0.15, -0.1) is 0 Å². The summed E-state index contributed by atoms with van der Waals surface area (Å²) >= 11 is 0. The first-order valence-corrected chi connectivity index (χ1v) is 9.37. The Morgan fingerprint density at radius 1 is 1.00 bits per heavy atom. The van der Waals surface area contributed by atoms with Gasteiger partial charge in [-0.2, -0.15) is 0 Å². The van der Waals surface area contributed by atoms with E-state index in [1.54, 1.807) is 0 Å². The van der Waals surface area contributed by atoms with Crippen molar-refractivity contribution in [2.45, 2.75) is 11.3 Å². The summed E-state index contributed by atoms with van der Waals surface area (Å²) in [5.41, 5.74) is 0.889. The van der Waals surface area contributed by atoms with Crippen LogP contribution in [0.25, 0.3) is 22.0 Å².